The first-order chi connectivity index (χ1) is 8.63. The average molecular weight is 246 g/mol. The maximum atomic E-state index is 3.55. The monoisotopic (exact) mass is 246 g/mol. The predicted octanol–water partition coefficient (Wildman–Crippen LogP) is 6.25. The van der Waals surface area contributed by atoms with Crippen LogP contribution in [-0.4, -0.2) is 0 Å². The Labute approximate surface area is 114 Å². The lowest BCUT2D eigenvalue weighted by Crippen LogP contribution is -1.74. The minimum absolute atomic E-state index is 1.15. The van der Waals surface area contributed by atoms with Gasteiger partial charge in [-0.25, -0.2) is 0 Å². The molecule has 0 aromatic heterocycles. The van der Waals surface area contributed by atoms with E-state index in [1.165, 1.54) is 24.0 Å². The molecular weight excluding hydrogens is 216 g/mol. The van der Waals surface area contributed by atoms with Crippen molar-refractivity contribution in [2.45, 2.75) is 53.4 Å². The molecule has 18 heavy (non-hydrogen) atoms. The fraction of sp³-hybridized carbons (Fsp3) is 0.444. The van der Waals surface area contributed by atoms with Gasteiger partial charge < -0.3 is 0 Å². The average Bonchev–Trinajstić information content (AvgIpc) is 2.37. The van der Waals surface area contributed by atoms with Crippen molar-refractivity contribution in [3.63, 3.8) is 0 Å². The van der Waals surface area contributed by atoms with Crippen LogP contribution in [0, 0.1) is 13.8 Å². The molecule has 0 bridgehead atoms. The third kappa shape index (κ3) is 14.7. The van der Waals surface area contributed by atoms with Crippen molar-refractivity contribution >= 4 is 0 Å². The zero-order chi connectivity index (χ0) is 14.2. The van der Waals surface area contributed by atoms with Crippen LogP contribution in [0.1, 0.15) is 50.7 Å². The van der Waals surface area contributed by atoms with E-state index in [4.69, 9.17) is 0 Å². The number of unbranched alkanes of at least 4 members (excludes halogenated alkanes) is 2. The van der Waals surface area contributed by atoms with Crippen LogP contribution in [0.25, 0.3) is 0 Å². The third-order valence-electron chi connectivity index (χ3n) is 2.41. The normalized spacial score (nSPS) is 8.22. The molecule has 102 valence electrons. The summed E-state index contributed by atoms with van der Waals surface area (Å²) in [6.07, 6.45) is 8.62. The maximum absolute atomic E-state index is 3.55. The van der Waals surface area contributed by atoms with Gasteiger partial charge >= 0.3 is 0 Å². The topological polar surface area (TPSA) is 0 Å². The van der Waals surface area contributed by atoms with Crippen molar-refractivity contribution in [2.24, 2.45) is 0 Å². The van der Waals surface area contributed by atoms with E-state index in [2.05, 4.69) is 65.1 Å². The molecule has 1 aromatic rings. The number of hydrogen-bond acceptors (Lipinski definition) is 0. The smallest absolute Gasteiger partial charge is 0.0356 e. The molecule has 0 spiro atoms. The van der Waals surface area contributed by atoms with Crippen molar-refractivity contribution < 1.29 is 0 Å². The van der Waals surface area contributed by atoms with E-state index < -0.39 is 0 Å². The Bertz CT molecular complexity index is 266. The number of aryl methyl sites for hydroxylation is 2. The standard InChI is InChI=1S/C8H10.2C5H10/c1-7-5-3-4-6-8(7)2;2*1-3-5-4-2/h3-6H,1-2H3;2*3H,1,4-5H2,2H3. The summed E-state index contributed by atoms with van der Waals surface area (Å²) in [6.45, 7) is 15.6. The van der Waals surface area contributed by atoms with Gasteiger partial charge in [-0.1, -0.05) is 63.1 Å². The molecule has 1 aromatic carbocycles. The van der Waals surface area contributed by atoms with Crippen molar-refractivity contribution in [3.05, 3.63) is 60.7 Å². The highest BCUT2D eigenvalue weighted by Gasteiger charge is 1.83. The molecule has 0 aliphatic rings. The van der Waals surface area contributed by atoms with E-state index in [0.717, 1.165) is 12.8 Å². The Balaban J connectivity index is 0. The van der Waals surface area contributed by atoms with Crippen LogP contribution in [0.2, 0.25) is 0 Å². The summed E-state index contributed by atoms with van der Waals surface area (Å²) in [5.74, 6) is 0. The van der Waals surface area contributed by atoms with Crippen LogP contribution >= 0.6 is 0 Å². The van der Waals surface area contributed by atoms with Crippen molar-refractivity contribution in [1.82, 2.24) is 0 Å². The third-order valence-corrected chi connectivity index (χ3v) is 2.41. The van der Waals surface area contributed by atoms with Gasteiger partial charge in [0.1, 0.15) is 0 Å². The minimum atomic E-state index is 1.15. The molecule has 0 saturated carbocycles. The van der Waals surface area contributed by atoms with E-state index >= 15 is 0 Å². The van der Waals surface area contributed by atoms with E-state index in [0.29, 0.717) is 0 Å². The first kappa shape index (κ1) is 19.0. The number of hydrogen-bond donors (Lipinski definition) is 0. The van der Waals surface area contributed by atoms with Gasteiger partial charge in [-0.2, -0.15) is 0 Å². The number of rotatable bonds is 4. The van der Waals surface area contributed by atoms with Crippen LogP contribution in [0.3, 0.4) is 0 Å². The van der Waals surface area contributed by atoms with Crippen molar-refractivity contribution in [3.8, 4) is 0 Å². The van der Waals surface area contributed by atoms with Gasteiger partial charge in [0.05, 0.1) is 0 Å². The second kappa shape index (κ2) is 15.7. The maximum Gasteiger partial charge on any atom is -0.0356 e. The summed E-state index contributed by atoms with van der Waals surface area (Å²) >= 11 is 0. The SMILES string of the molecule is C=CCCC.C=CCCC.Cc1ccccc1C. The molecule has 0 saturated heterocycles. The van der Waals surface area contributed by atoms with Crippen LogP contribution in [0.4, 0.5) is 0 Å². The van der Waals surface area contributed by atoms with Gasteiger partial charge in [0.15, 0.2) is 0 Å². The molecular formula is C18H30. The van der Waals surface area contributed by atoms with Crippen LogP contribution in [0.5, 0.6) is 0 Å². The van der Waals surface area contributed by atoms with Crippen molar-refractivity contribution in [2.75, 3.05) is 0 Å². The van der Waals surface area contributed by atoms with Crippen LogP contribution < -0.4 is 0 Å². The highest BCUT2D eigenvalue weighted by atomic mass is 13.9. The second-order valence-electron chi connectivity index (χ2n) is 4.24. The molecule has 0 atom stereocenters. The van der Waals surface area contributed by atoms with Crippen molar-refractivity contribution in [1.29, 1.82) is 0 Å². The molecule has 0 heteroatoms. The zero-order valence-corrected chi connectivity index (χ0v) is 12.7. The van der Waals surface area contributed by atoms with E-state index in [9.17, 15) is 0 Å². The highest BCUT2D eigenvalue weighted by Crippen LogP contribution is 2.02. The van der Waals surface area contributed by atoms with Gasteiger partial charge in [-0.15, -0.1) is 13.2 Å². The van der Waals surface area contributed by atoms with Gasteiger partial charge in [0.2, 0.25) is 0 Å². The Kier molecular flexibility index (Phi) is 16.6. The quantitative estimate of drug-likeness (QED) is 0.551. The molecule has 0 amide bonds. The van der Waals surface area contributed by atoms with Crippen LogP contribution in [-0.2, 0) is 0 Å². The Morgan fingerprint density at radius 3 is 1.28 bits per heavy atom. The highest BCUT2D eigenvalue weighted by molar-refractivity contribution is 5.23. The summed E-state index contributed by atoms with van der Waals surface area (Å²) in [5.41, 5.74) is 2.74. The molecule has 0 radical (unpaired) electrons. The van der Waals surface area contributed by atoms with Crippen LogP contribution in [0.15, 0.2) is 49.6 Å². The second-order valence-corrected chi connectivity index (χ2v) is 4.24. The van der Waals surface area contributed by atoms with E-state index in [1.807, 2.05) is 12.2 Å². The fourth-order valence-electron chi connectivity index (χ4n) is 1.07. The van der Waals surface area contributed by atoms with E-state index in [-0.39, 0.29) is 0 Å². The minimum Gasteiger partial charge on any atom is -0.103 e. The molecule has 0 heterocycles. The molecule has 0 fully saturated rings. The largest absolute Gasteiger partial charge is 0.103 e. The Hall–Kier alpha value is -1.30. The molecule has 1 rings (SSSR count). The summed E-state index contributed by atoms with van der Waals surface area (Å²) in [4.78, 5) is 0. The van der Waals surface area contributed by atoms with Gasteiger partial charge in [0, 0.05) is 0 Å². The molecule has 0 nitrogen and oxygen atoms in total. The van der Waals surface area contributed by atoms with Gasteiger partial charge in [0.25, 0.3) is 0 Å². The Morgan fingerprint density at radius 2 is 1.17 bits per heavy atom. The zero-order valence-electron chi connectivity index (χ0n) is 12.7. The van der Waals surface area contributed by atoms with Gasteiger partial charge in [-0.05, 0) is 37.8 Å². The molecule has 0 aliphatic heterocycles. The molecule has 0 aliphatic carbocycles. The first-order valence-electron chi connectivity index (χ1n) is 6.87. The summed E-state index contributed by atoms with van der Waals surface area (Å²) in [6, 6.07) is 8.36. The van der Waals surface area contributed by atoms with E-state index in [1.54, 1.807) is 0 Å². The fourth-order valence-corrected chi connectivity index (χ4v) is 1.07. The Morgan fingerprint density at radius 1 is 0.833 bits per heavy atom. The number of benzene rings is 1. The summed E-state index contributed by atoms with van der Waals surface area (Å²) < 4.78 is 0. The lowest BCUT2D eigenvalue weighted by atomic mass is 10.1. The molecule has 0 N–H and O–H groups in total. The molecule has 0 unspecified atom stereocenters. The first-order valence-corrected chi connectivity index (χ1v) is 6.87. The lowest BCUT2D eigenvalue weighted by Gasteiger charge is -1.93. The summed E-state index contributed by atoms with van der Waals surface area (Å²) in [5, 5.41) is 0. The lowest BCUT2D eigenvalue weighted by molar-refractivity contribution is 0.961. The number of allylic oxidation sites excluding steroid dienone is 2. The van der Waals surface area contributed by atoms with Gasteiger partial charge in [-0.3, -0.25) is 0 Å². The predicted molar refractivity (Wildman–Crippen MR) is 86.1 cm³/mol. The summed E-state index contributed by atoms with van der Waals surface area (Å²) in [7, 11) is 0.